The third kappa shape index (κ3) is 3.83. The van der Waals surface area contributed by atoms with Crippen molar-refractivity contribution in [2.24, 2.45) is 5.92 Å². The molecule has 0 saturated carbocycles. The third-order valence-electron chi connectivity index (χ3n) is 1.90. The molecule has 0 saturated heterocycles. The minimum absolute atomic E-state index is 0.275. The molecule has 1 N–H and O–H groups in total. The van der Waals surface area contributed by atoms with Crippen LogP contribution in [0.5, 0.6) is 0 Å². The molecule has 0 aliphatic heterocycles. The third-order valence-corrected chi connectivity index (χ3v) is 2.18. The lowest BCUT2D eigenvalue weighted by atomic mass is 10.0. The lowest BCUT2D eigenvalue weighted by Gasteiger charge is -2.15. The van der Waals surface area contributed by atoms with Gasteiger partial charge in [0.15, 0.2) is 0 Å². The average molecular weight is 216 g/mol. The molecule has 0 heterocycles. The highest BCUT2D eigenvalue weighted by Gasteiger charge is 2.11. The second-order valence-electron chi connectivity index (χ2n) is 3.06. The van der Waals surface area contributed by atoms with Crippen LogP contribution in [-0.2, 0) is 4.74 Å². The van der Waals surface area contributed by atoms with Crippen molar-refractivity contribution in [1.82, 2.24) is 5.32 Å². The molecule has 0 fully saturated rings. The minimum atomic E-state index is -0.369. The van der Waals surface area contributed by atoms with E-state index in [0.717, 1.165) is 11.5 Å². The summed E-state index contributed by atoms with van der Waals surface area (Å²) in [5, 5.41) is 3.50. The van der Waals surface area contributed by atoms with Crippen molar-refractivity contribution in [3.05, 3.63) is 23.3 Å². The summed E-state index contributed by atoms with van der Waals surface area (Å²) in [7, 11) is 0. The number of alkyl carbamates (subject to hydrolysis) is 1. The van der Waals surface area contributed by atoms with E-state index in [2.05, 4.69) is 5.32 Å². The Balaban J connectivity index is 2.23. The Hall–Kier alpha value is -0.960. The number of carbonyl (C=O) groups is 1. The summed E-state index contributed by atoms with van der Waals surface area (Å²) in [5.41, 5.74) is 0. The highest BCUT2D eigenvalue weighted by atomic mass is 35.5. The standard InChI is InChI=1S/C10H14ClNO2/c1-2-14-10(13)12-7-8-4-3-5-9(11)6-8/h3-5,8H,2,6-7H2,1H3,(H,12,13). The van der Waals surface area contributed by atoms with Gasteiger partial charge in [-0.3, -0.25) is 0 Å². The van der Waals surface area contributed by atoms with Crippen LogP contribution >= 0.6 is 11.6 Å². The summed E-state index contributed by atoms with van der Waals surface area (Å²) < 4.78 is 4.74. The molecule has 78 valence electrons. The van der Waals surface area contributed by atoms with Crippen molar-refractivity contribution in [2.45, 2.75) is 13.3 Å². The summed E-state index contributed by atoms with van der Waals surface area (Å²) in [6.07, 6.45) is 6.21. The molecule has 4 heteroatoms. The normalized spacial score (nSPS) is 20.1. The minimum Gasteiger partial charge on any atom is -0.450 e. The summed E-state index contributed by atoms with van der Waals surface area (Å²) in [5.74, 6) is 0.275. The van der Waals surface area contributed by atoms with Crippen LogP contribution in [0.2, 0.25) is 0 Å². The van der Waals surface area contributed by atoms with E-state index in [1.165, 1.54) is 0 Å². The van der Waals surface area contributed by atoms with Crippen molar-refractivity contribution < 1.29 is 9.53 Å². The number of nitrogens with one attached hydrogen (secondary N) is 1. The molecule has 14 heavy (non-hydrogen) atoms. The lowest BCUT2D eigenvalue weighted by Crippen LogP contribution is -2.29. The van der Waals surface area contributed by atoms with E-state index in [9.17, 15) is 4.79 Å². The molecule has 0 bridgehead atoms. The van der Waals surface area contributed by atoms with Crippen LogP contribution < -0.4 is 5.32 Å². The van der Waals surface area contributed by atoms with Crippen molar-refractivity contribution in [3.8, 4) is 0 Å². The van der Waals surface area contributed by atoms with Crippen LogP contribution in [0.25, 0.3) is 0 Å². The van der Waals surface area contributed by atoms with Crippen molar-refractivity contribution in [1.29, 1.82) is 0 Å². The fourth-order valence-corrected chi connectivity index (χ4v) is 1.51. The van der Waals surface area contributed by atoms with E-state index >= 15 is 0 Å². The highest BCUT2D eigenvalue weighted by Crippen LogP contribution is 2.20. The maximum atomic E-state index is 11.0. The highest BCUT2D eigenvalue weighted by molar-refractivity contribution is 6.29. The van der Waals surface area contributed by atoms with Gasteiger partial charge in [0.25, 0.3) is 0 Å². The van der Waals surface area contributed by atoms with Crippen LogP contribution in [0.4, 0.5) is 4.79 Å². The van der Waals surface area contributed by atoms with Gasteiger partial charge in [-0.1, -0.05) is 23.8 Å². The molecule has 1 aliphatic rings. The summed E-state index contributed by atoms with van der Waals surface area (Å²) >= 11 is 5.85. The lowest BCUT2D eigenvalue weighted by molar-refractivity contribution is 0.151. The van der Waals surface area contributed by atoms with Crippen molar-refractivity contribution in [3.63, 3.8) is 0 Å². The predicted octanol–water partition coefficient (Wildman–Crippen LogP) is 2.43. The maximum absolute atomic E-state index is 11.0. The molecule has 1 aliphatic carbocycles. The molecule has 0 aromatic rings. The van der Waals surface area contributed by atoms with E-state index < -0.39 is 0 Å². The quantitative estimate of drug-likeness (QED) is 0.785. The van der Waals surface area contributed by atoms with E-state index in [1.807, 2.05) is 18.2 Å². The largest absolute Gasteiger partial charge is 0.450 e. The second kappa shape index (κ2) is 5.70. The van der Waals surface area contributed by atoms with Gasteiger partial charge in [-0.15, -0.1) is 0 Å². The Morgan fingerprint density at radius 1 is 1.79 bits per heavy atom. The molecule has 1 unspecified atom stereocenters. The zero-order chi connectivity index (χ0) is 10.4. The van der Waals surface area contributed by atoms with E-state index in [0.29, 0.717) is 13.2 Å². The SMILES string of the molecule is CCOC(=O)NCC1C=CC=C(Cl)C1. The van der Waals surface area contributed by atoms with E-state index in [1.54, 1.807) is 6.92 Å². The summed E-state index contributed by atoms with van der Waals surface area (Å²) in [4.78, 5) is 11.0. The van der Waals surface area contributed by atoms with Gasteiger partial charge in [0.2, 0.25) is 0 Å². The Kier molecular flexibility index (Phi) is 4.53. The van der Waals surface area contributed by atoms with Gasteiger partial charge in [-0.25, -0.2) is 4.79 Å². The fourth-order valence-electron chi connectivity index (χ4n) is 1.24. The first-order valence-electron chi connectivity index (χ1n) is 4.66. The second-order valence-corrected chi connectivity index (χ2v) is 3.55. The monoisotopic (exact) mass is 215 g/mol. The molecular weight excluding hydrogens is 202 g/mol. The molecular formula is C10H14ClNO2. The number of hydrogen-bond acceptors (Lipinski definition) is 2. The Bertz CT molecular complexity index is 261. The first-order chi connectivity index (χ1) is 6.72. The molecule has 1 atom stereocenters. The van der Waals surface area contributed by atoms with Gasteiger partial charge >= 0.3 is 6.09 Å². The Morgan fingerprint density at radius 3 is 3.21 bits per heavy atom. The number of rotatable bonds is 3. The number of carbonyl (C=O) groups excluding carboxylic acids is 1. The first kappa shape index (κ1) is 11.1. The fraction of sp³-hybridized carbons (Fsp3) is 0.500. The zero-order valence-electron chi connectivity index (χ0n) is 8.13. The predicted molar refractivity (Wildman–Crippen MR) is 56.2 cm³/mol. The van der Waals surface area contributed by atoms with Crippen LogP contribution in [0.1, 0.15) is 13.3 Å². The molecule has 0 spiro atoms. The first-order valence-corrected chi connectivity index (χ1v) is 5.03. The number of amides is 1. The van der Waals surface area contributed by atoms with Gasteiger partial charge in [0.05, 0.1) is 6.61 Å². The molecule has 0 aromatic carbocycles. The van der Waals surface area contributed by atoms with Crippen molar-refractivity contribution >= 4 is 17.7 Å². The van der Waals surface area contributed by atoms with Gasteiger partial charge in [-0.05, 0) is 25.3 Å². The van der Waals surface area contributed by atoms with Crippen LogP contribution in [-0.4, -0.2) is 19.2 Å². The van der Waals surface area contributed by atoms with Crippen LogP contribution in [0.15, 0.2) is 23.3 Å². The zero-order valence-corrected chi connectivity index (χ0v) is 8.88. The molecule has 1 amide bonds. The van der Waals surface area contributed by atoms with Gasteiger partial charge < -0.3 is 10.1 Å². The van der Waals surface area contributed by atoms with Gasteiger partial charge in [0.1, 0.15) is 0 Å². The van der Waals surface area contributed by atoms with Crippen LogP contribution in [0, 0.1) is 5.92 Å². The van der Waals surface area contributed by atoms with E-state index in [4.69, 9.17) is 16.3 Å². The maximum Gasteiger partial charge on any atom is 0.407 e. The number of hydrogen-bond donors (Lipinski definition) is 1. The Labute approximate surface area is 88.8 Å². The van der Waals surface area contributed by atoms with Crippen molar-refractivity contribution in [2.75, 3.05) is 13.2 Å². The average Bonchev–Trinajstić information content (AvgIpc) is 2.15. The Morgan fingerprint density at radius 2 is 2.57 bits per heavy atom. The number of halogens is 1. The molecule has 3 nitrogen and oxygen atoms in total. The smallest absolute Gasteiger partial charge is 0.407 e. The topological polar surface area (TPSA) is 38.3 Å². The summed E-state index contributed by atoms with van der Waals surface area (Å²) in [6, 6.07) is 0. The summed E-state index contributed by atoms with van der Waals surface area (Å²) in [6.45, 7) is 2.74. The van der Waals surface area contributed by atoms with E-state index in [-0.39, 0.29) is 12.0 Å². The number of ether oxygens (including phenoxy) is 1. The molecule has 1 rings (SSSR count). The van der Waals surface area contributed by atoms with Gasteiger partial charge in [0, 0.05) is 11.6 Å². The number of allylic oxidation sites excluding steroid dienone is 3. The molecule has 0 aromatic heterocycles. The van der Waals surface area contributed by atoms with Crippen LogP contribution in [0.3, 0.4) is 0 Å². The molecule has 0 radical (unpaired) electrons. The van der Waals surface area contributed by atoms with Gasteiger partial charge in [-0.2, -0.15) is 0 Å².